The highest BCUT2D eigenvalue weighted by Gasteiger charge is 2.16. The van der Waals surface area contributed by atoms with E-state index in [1.807, 2.05) is 0 Å². The largest absolute Gasteiger partial charge is 0.508 e. The molecule has 0 aliphatic heterocycles. The lowest BCUT2D eigenvalue weighted by Gasteiger charge is -2.01. The minimum absolute atomic E-state index is 0.0528. The molecule has 1 aromatic heterocycles. The van der Waals surface area contributed by atoms with Gasteiger partial charge in [-0.25, -0.2) is 0 Å². The molecule has 0 spiro atoms. The number of ether oxygens (including phenoxy) is 1. The molecule has 2 aromatic carbocycles. The maximum absolute atomic E-state index is 12.3. The molecule has 21 heavy (non-hydrogen) atoms. The zero-order valence-electron chi connectivity index (χ0n) is 11.2. The molecular weight excluding hydrogens is 272 g/mol. The number of methoxy groups -OCH3 is 1. The molecule has 5 heteroatoms. The van der Waals surface area contributed by atoms with E-state index >= 15 is 0 Å². The summed E-state index contributed by atoms with van der Waals surface area (Å²) in [5, 5.41) is 19.6. The van der Waals surface area contributed by atoms with Crippen LogP contribution in [0.2, 0.25) is 0 Å². The van der Waals surface area contributed by atoms with Gasteiger partial charge in [-0.05, 0) is 36.4 Å². The number of phenols is 2. The van der Waals surface area contributed by atoms with Crippen molar-refractivity contribution in [1.82, 2.24) is 0 Å². The van der Waals surface area contributed by atoms with E-state index in [0.29, 0.717) is 22.3 Å². The van der Waals surface area contributed by atoms with Gasteiger partial charge >= 0.3 is 0 Å². The van der Waals surface area contributed by atoms with E-state index in [0.717, 1.165) is 0 Å². The fourth-order valence-corrected chi connectivity index (χ4v) is 2.09. The Morgan fingerprint density at radius 3 is 2.48 bits per heavy atom. The summed E-state index contributed by atoms with van der Waals surface area (Å²) in [7, 11) is 1.45. The highest BCUT2D eigenvalue weighted by Crippen LogP contribution is 2.33. The molecule has 0 radical (unpaired) electrons. The molecule has 0 bridgehead atoms. The predicted molar refractivity (Wildman–Crippen MR) is 76.0 cm³/mol. The number of ketones is 1. The number of fused-ring (bicyclic) bond motifs is 1. The van der Waals surface area contributed by atoms with Crippen LogP contribution in [-0.2, 0) is 0 Å². The highest BCUT2D eigenvalue weighted by molar-refractivity contribution is 6.09. The standard InChI is InChI=1S/C16H12O5/c1-20-14-6-10-7-15(21-13(10)8-12(14)18)16(19)9-2-4-11(17)5-3-9/h2-8,17-18H,1H3. The third kappa shape index (κ3) is 2.29. The molecule has 3 rings (SSSR count). The molecule has 0 aliphatic rings. The summed E-state index contributed by atoms with van der Waals surface area (Å²) in [6.45, 7) is 0. The van der Waals surface area contributed by atoms with E-state index in [-0.39, 0.29) is 23.0 Å². The quantitative estimate of drug-likeness (QED) is 0.722. The third-order valence-electron chi connectivity index (χ3n) is 3.17. The van der Waals surface area contributed by atoms with Crippen LogP contribution in [0.25, 0.3) is 11.0 Å². The van der Waals surface area contributed by atoms with Crippen LogP contribution in [-0.4, -0.2) is 23.1 Å². The second kappa shape index (κ2) is 4.86. The van der Waals surface area contributed by atoms with Crippen LogP contribution < -0.4 is 4.74 Å². The summed E-state index contributed by atoms with van der Waals surface area (Å²) in [4.78, 5) is 12.3. The lowest BCUT2D eigenvalue weighted by molar-refractivity contribution is 0.101. The summed E-state index contributed by atoms with van der Waals surface area (Å²) in [6.07, 6.45) is 0. The van der Waals surface area contributed by atoms with Gasteiger partial charge in [-0.3, -0.25) is 4.79 Å². The van der Waals surface area contributed by atoms with Crippen molar-refractivity contribution in [2.24, 2.45) is 0 Å². The Balaban J connectivity index is 2.04. The van der Waals surface area contributed by atoms with E-state index in [4.69, 9.17) is 9.15 Å². The van der Waals surface area contributed by atoms with Crippen molar-refractivity contribution in [3.63, 3.8) is 0 Å². The fourth-order valence-electron chi connectivity index (χ4n) is 2.09. The number of aromatic hydroxyl groups is 2. The van der Waals surface area contributed by atoms with Crippen LogP contribution in [0.15, 0.2) is 46.9 Å². The Labute approximate surface area is 120 Å². The number of hydrogen-bond donors (Lipinski definition) is 2. The minimum atomic E-state index is -0.301. The van der Waals surface area contributed by atoms with E-state index in [1.54, 1.807) is 12.1 Å². The fraction of sp³-hybridized carbons (Fsp3) is 0.0625. The van der Waals surface area contributed by atoms with Crippen molar-refractivity contribution in [2.45, 2.75) is 0 Å². The number of phenolic OH excluding ortho intramolecular Hbond substituents is 2. The zero-order chi connectivity index (χ0) is 15.0. The van der Waals surface area contributed by atoms with E-state index < -0.39 is 0 Å². The van der Waals surface area contributed by atoms with Gasteiger partial charge in [0.2, 0.25) is 5.78 Å². The van der Waals surface area contributed by atoms with E-state index in [1.165, 1.54) is 37.4 Å². The highest BCUT2D eigenvalue weighted by atomic mass is 16.5. The Hall–Kier alpha value is -2.95. The molecule has 5 nitrogen and oxygen atoms in total. The molecule has 0 aliphatic carbocycles. The molecule has 0 fully saturated rings. The normalized spacial score (nSPS) is 10.7. The maximum Gasteiger partial charge on any atom is 0.228 e. The Morgan fingerprint density at radius 1 is 1.10 bits per heavy atom. The van der Waals surface area contributed by atoms with Crippen LogP contribution in [0.4, 0.5) is 0 Å². The van der Waals surface area contributed by atoms with Gasteiger partial charge in [-0.1, -0.05) is 0 Å². The van der Waals surface area contributed by atoms with Gasteiger partial charge in [0.05, 0.1) is 7.11 Å². The SMILES string of the molecule is COc1cc2cc(C(=O)c3ccc(O)cc3)oc2cc1O. The topological polar surface area (TPSA) is 79.9 Å². The second-order valence-electron chi connectivity index (χ2n) is 4.55. The van der Waals surface area contributed by atoms with Crippen LogP contribution >= 0.6 is 0 Å². The van der Waals surface area contributed by atoms with Crippen molar-refractivity contribution in [1.29, 1.82) is 0 Å². The average Bonchev–Trinajstić information content (AvgIpc) is 2.89. The molecule has 0 atom stereocenters. The Kier molecular flexibility index (Phi) is 3.02. The molecule has 0 amide bonds. The summed E-state index contributed by atoms with van der Waals surface area (Å²) in [5.74, 6) is 0.203. The van der Waals surface area contributed by atoms with Gasteiger partial charge in [0, 0.05) is 17.0 Å². The van der Waals surface area contributed by atoms with Gasteiger partial charge in [0.15, 0.2) is 17.3 Å². The molecular formula is C16H12O5. The molecule has 3 aromatic rings. The first kappa shape index (κ1) is 13.1. The van der Waals surface area contributed by atoms with Crippen molar-refractivity contribution in [3.05, 3.63) is 53.8 Å². The van der Waals surface area contributed by atoms with Crippen LogP contribution in [0.5, 0.6) is 17.2 Å². The molecule has 1 heterocycles. The number of rotatable bonds is 3. The first-order valence-electron chi connectivity index (χ1n) is 6.23. The number of benzene rings is 2. The molecule has 2 N–H and O–H groups in total. The van der Waals surface area contributed by atoms with Gasteiger partial charge in [-0.2, -0.15) is 0 Å². The van der Waals surface area contributed by atoms with E-state index in [2.05, 4.69) is 0 Å². The monoisotopic (exact) mass is 284 g/mol. The number of carbonyl (C=O) groups is 1. The smallest absolute Gasteiger partial charge is 0.228 e. The molecule has 0 saturated carbocycles. The van der Waals surface area contributed by atoms with Crippen molar-refractivity contribution >= 4 is 16.8 Å². The second-order valence-corrected chi connectivity index (χ2v) is 4.55. The summed E-state index contributed by atoms with van der Waals surface area (Å²) in [5.41, 5.74) is 0.804. The lowest BCUT2D eigenvalue weighted by Crippen LogP contribution is -1.98. The Morgan fingerprint density at radius 2 is 1.81 bits per heavy atom. The lowest BCUT2D eigenvalue weighted by atomic mass is 10.1. The van der Waals surface area contributed by atoms with Crippen molar-refractivity contribution in [3.8, 4) is 17.2 Å². The first-order chi connectivity index (χ1) is 10.1. The third-order valence-corrected chi connectivity index (χ3v) is 3.17. The summed E-state index contributed by atoms with van der Waals surface area (Å²) in [6, 6.07) is 10.5. The van der Waals surface area contributed by atoms with Gasteiger partial charge in [-0.15, -0.1) is 0 Å². The molecule has 0 saturated heterocycles. The summed E-state index contributed by atoms with van der Waals surface area (Å²) < 4.78 is 10.5. The first-order valence-corrected chi connectivity index (χ1v) is 6.23. The van der Waals surface area contributed by atoms with E-state index in [9.17, 15) is 15.0 Å². The number of carbonyl (C=O) groups excluding carboxylic acids is 1. The zero-order valence-corrected chi connectivity index (χ0v) is 11.2. The Bertz CT molecular complexity index is 815. The van der Waals surface area contributed by atoms with Gasteiger partial charge in [0.1, 0.15) is 11.3 Å². The number of hydrogen-bond acceptors (Lipinski definition) is 5. The van der Waals surface area contributed by atoms with Gasteiger partial charge in [0.25, 0.3) is 0 Å². The maximum atomic E-state index is 12.3. The van der Waals surface area contributed by atoms with Crippen molar-refractivity contribution in [2.75, 3.05) is 7.11 Å². The molecule has 106 valence electrons. The minimum Gasteiger partial charge on any atom is -0.508 e. The predicted octanol–water partition coefficient (Wildman–Crippen LogP) is 3.08. The van der Waals surface area contributed by atoms with Crippen LogP contribution in [0.1, 0.15) is 16.1 Å². The van der Waals surface area contributed by atoms with Crippen LogP contribution in [0.3, 0.4) is 0 Å². The van der Waals surface area contributed by atoms with Crippen LogP contribution in [0, 0.1) is 0 Å². The number of furan rings is 1. The average molecular weight is 284 g/mol. The van der Waals surface area contributed by atoms with Gasteiger partial charge < -0.3 is 19.4 Å². The molecule has 0 unspecified atom stereocenters. The van der Waals surface area contributed by atoms with Crippen molar-refractivity contribution < 1.29 is 24.2 Å². The summed E-state index contributed by atoms with van der Waals surface area (Å²) >= 11 is 0.